The molecule has 0 unspecified atom stereocenters. The van der Waals surface area contributed by atoms with Gasteiger partial charge in [0.05, 0.1) is 5.02 Å². The van der Waals surface area contributed by atoms with Gasteiger partial charge in [-0.25, -0.2) is 0 Å². The predicted molar refractivity (Wildman–Crippen MR) is 101 cm³/mol. The highest BCUT2D eigenvalue weighted by Gasteiger charge is 2.33. The molecular formula is C20H15ClO8. The van der Waals surface area contributed by atoms with Crippen molar-refractivity contribution in [2.24, 2.45) is 0 Å². The monoisotopic (exact) mass is 418 g/mol. The Morgan fingerprint density at radius 3 is 2.00 bits per heavy atom. The number of hydrogen-bond acceptors (Lipinski definition) is 8. The van der Waals surface area contributed by atoms with Crippen molar-refractivity contribution in [3.8, 4) is 23.0 Å². The highest BCUT2D eigenvalue weighted by atomic mass is 35.5. The van der Waals surface area contributed by atoms with Gasteiger partial charge in [0, 0.05) is 12.1 Å². The summed E-state index contributed by atoms with van der Waals surface area (Å²) in [6.07, 6.45) is 0. The molecule has 150 valence electrons. The molecule has 0 bridgehead atoms. The van der Waals surface area contributed by atoms with E-state index in [0.717, 1.165) is 12.1 Å². The molecule has 4 rings (SSSR count). The summed E-state index contributed by atoms with van der Waals surface area (Å²) in [5.41, 5.74) is -1.03. The predicted octanol–water partition coefficient (Wildman–Crippen LogP) is 3.18. The topological polar surface area (TPSA) is 119 Å². The third kappa shape index (κ3) is 3.21. The maximum Gasteiger partial charge on any atom is 0.231 e. The summed E-state index contributed by atoms with van der Waals surface area (Å²) in [5, 5.41) is 21.0. The highest BCUT2D eigenvalue weighted by Crippen LogP contribution is 2.46. The van der Waals surface area contributed by atoms with Gasteiger partial charge in [-0.15, -0.1) is 0 Å². The van der Waals surface area contributed by atoms with Crippen LogP contribution in [-0.2, 0) is 0 Å². The van der Waals surface area contributed by atoms with Gasteiger partial charge in [0.1, 0.15) is 17.4 Å². The maximum atomic E-state index is 12.2. The third-order valence-corrected chi connectivity index (χ3v) is 4.73. The molecule has 1 aliphatic heterocycles. The van der Waals surface area contributed by atoms with Gasteiger partial charge in [-0.2, -0.15) is 0 Å². The zero-order valence-corrected chi connectivity index (χ0v) is 16.1. The van der Waals surface area contributed by atoms with E-state index in [1.54, 1.807) is 6.07 Å². The lowest BCUT2D eigenvalue weighted by molar-refractivity contribution is 0.174. The Kier molecular flexibility index (Phi) is 4.50. The molecule has 2 N–H and O–H groups in total. The van der Waals surface area contributed by atoms with Crippen LogP contribution in [-0.4, -0.2) is 17.0 Å². The molecule has 0 spiro atoms. The number of ether oxygens (including phenoxy) is 2. The van der Waals surface area contributed by atoms with Crippen LogP contribution < -0.4 is 20.3 Å². The van der Waals surface area contributed by atoms with E-state index < -0.39 is 28.3 Å². The first kappa shape index (κ1) is 18.9. The molecule has 3 heterocycles. The Balaban J connectivity index is 2.06. The van der Waals surface area contributed by atoms with Crippen molar-refractivity contribution in [2.45, 2.75) is 19.8 Å². The Morgan fingerprint density at radius 2 is 1.45 bits per heavy atom. The Morgan fingerprint density at radius 1 is 0.897 bits per heavy atom. The SMILES string of the molecule is Cc1cc(=O)c(O)c(C(c2cc(Cl)c3c(c2)OCO3)c2oc(C)cc(=O)c2O)o1. The fourth-order valence-electron chi connectivity index (χ4n) is 3.22. The van der Waals surface area contributed by atoms with Crippen LogP contribution in [0, 0.1) is 13.8 Å². The van der Waals surface area contributed by atoms with Crippen LogP contribution in [0.5, 0.6) is 23.0 Å². The zero-order chi connectivity index (χ0) is 20.9. The molecule has 0 saturated carbocycles. The molecule has 0 amide bonds. The Hall–Kier alpha value is -3.39. The molecule has 0 radical (unpaired) electrons. The number of aromatic hydroxyl groups is 2. The van der Waals surface area contributed by atoms with Crippen LogP contribution in [0.25, 0.3) is 0 Å². The highest BCUT2D eigenvalue weighted by molar-refractivity contribution is 6.32. The molecule has 3 aromatic rings. The fourth-order valence-corrected chi connectivity index (χ4v) is 3.49. The van der Waals surface area contributed by atoms with Crippen molar-refractivity contribution in [3.63, 3.8) is 0 Å². The molecule has 9 heteroatoms. The summed E-state index contributed by atoms with van der Waals surface area (Å²) in [4.78, 5) is 24.3. The van der Waals surface area contributed by atoms with Crippen molar-refractivity contribution in [1.82, 2.24) is 0 Å². The molecule has 2 aromatic heterocycles. The standard InChI is InChI=1S/C20H15ClO8/c1-8-3-12(22)16(24)19(28-8)15(20-17(25)13(23)4-9(2)29-20)10-5-11(21)18-14(6-10)26-7-27-18/h3-6,15,24-25H,7H2,1-2H3. The van der Waals surface area contributed by atoms with E-state index in [1.165, 1.54) is 19.9 Å². The van der Waals surface area contributed by atoms with Crippen molar-refractivity contribution in [1.29, 1.82) is 0 Å². The zero-order valence-electron chi connectivity index (χ0n) is 15.3. The van der Waals surface area contributed by atoms with Gasteiger partial charge in [0.15, 0.2) is 23.0 Å². The minimum atomic E-state index is -1.16. The van der Waals surface area contributed by atoms with E-state index >= 15 is 0 Å². The maximum absolute atomic E-state index is 12.2. The summed E-state index contributed by atoms with van der Waals surface area (Å²) < 4.78 is 21.9. The Bertz CT molecular complexity index is 1170. The largest absolute Gasteiger partial charge is 0.502 e. The first-order valence-corrected chi connectivity index (χ1v) is 8.90. The molecule has 1 aromatic carbocycles. The number of hydrogen-bond donors (Lipinski definition) is 2. The van der Waals surface area contributed by atoms with Crippen molar-refractivity contribution in [3.05, 3.63) is 78.3 Å². The summed E-state index contributed by atoms with van der Waals surface area (Å²) >= 11 is 6.28. The summed E-state index contributed by atoms with van der Waals surface area (Å²) in [5.74, 6) is -1.87. The van der Waals surface area contributed by atoms with Gasteiger partial charge in [-0.05, 0) is 31.5 Å². The average Bonchev–Trinajstić information content (AvgIpc) is 3.12. The van der Waals surface area contributed by atoms with Crippen LogP contribution in [0.1, 0.15) is 34.5 Å². The van der Waals surface area contributed by atoms with E-state index in [0.29, 0.717) is 17.1 Å². The van der Waals surface area contributed by atoms with Gasteiger partial charge in [0.25, 0.3) is 0 Å². The number of aryl methyl sites for hydroxylation is 2. The molecular weight excluding hydrogens is 404 g/mol. The van der Waals surface area contributed by atoms with Crippen molar-refractivity contribution in [2.75, 3.05) is 6.79 Å². The van der Waals surface area contributed by atoms with Gasteiger partial charge in [0.2, 0.25) is 29.1 Å². The molecule has 0 aliphatic carbocycles. The van der Waals surface area contributed by atoms with E-state index in [-0.39, 0.29) is 34.9 Å². The quantitative estimate of drug-likeness (QED) is 0.665. The Labute approximate surface area is 168 Å². The molecule has 29 heavy (non-hydrogen) atoms. The van der Waals surface area contributed by atoms with E-state index in [2.05, 4.69) is 0 Å². The number of fused-ring (bicyclic) bond motifs is 1. The smallest absolute Gasteiger partial charge is 0.231 e. The second-order valence-corrected chi connectivity index (χ2v) is 6.95. The minimum absolute atomic E-state index is 0.0290. The summed E-state index contributed by atoms with van der Waals surface area (Å²) in [6.45, 7) is 3.03. The lowest BCUT2D eigenvalue weighted by atomic mass is 9.91. The molecule has 8 nitrogen and oxygen atoms in total. The number of rotatable bonds is 3. The van der Waals surface area contributed by atoms with E-state index in [9.17, 15) is 19.8 Å². The van der Waals surface area contributed by atoms with E-state index in [1.807, 2.05) is 0 Å². The second kappa shape index (κ2) is 6.89. The first-order chi connectivity index (χ1) is 13.8. The van der Waals surface area contributed by atoms with Crippen molar-refractivity contribution >= 4 is 11.6 Å². The molecule has 0 fully saturated rings. The first-order valence-electron chi connectivity index (χ1n) is 8.52. The van der Waals surface area contributed by atoms with Crippen LogP contribution in [0.4, 0.5) is 0 Å². The van der Waals surface area contributed by atoms with Crippen molar-refractivity contribution < 1.29 is 28.5 Å². The normalized spacial score (nSPS) is 12.6. The van der Waals surface area contributed by atoms with Gasteiger partial charge < -0.3 is 28.5 Å². The molecule has 0 atom stereocenters. The van der Waals surface area contributed by atoms with E-state index in [4.69, 9.17) is 29.9 Å². The lowest BCUT2D eigenvalue weighted by Gasteiger charge is -2.19. The van der Waals surface area contributed by atoms with Gasteiger partial charge >= 0.3 is 0 Å². The van der Waals surface area contributed by atoms with Crippen LogP contribution >= 0.6 is 11.6 Å². The fraction of sp³-hybridized carbons (Fsp3) is 0.200. The summed E-state index contributed by atoms with van der Waals surface area (Å²) in [6, 6.07) is 5.27. The average molecular weight is 419 g/mol. The van der Waals surface area contributed by atoms with Crippen LogP contribution in [0.2, 0.25) is 5.02 Å². The lowest BCUT2D eigenvalue weighted by Crippen LogP contribution is -2.13. The molecule has 0 saturated heterocycles. The summed E-state index contributed by atoms with van der Waals surface area (Å²) in [7, 11) is 0. The third-order valence-electron chi connectivity index (χ3n) is 4.45. The minimum Gasteiger partial charge on any atom is -0.502 e. The van der Waals surface area contributed by atoms with Crippen LogP contribution in [0.3, 0.4) is 0 Å². The van der Waals surface area contributed by atoms with Gasteiger partial charge in [-0.1, -0.05) is 11.6 Å². The van der Waals surface area contributed by atoms with Crippen LogP contribution in [0.15, 0.2) is 42.7 Å². The molecule has 1 aliphatic rings. The number of halogens is 1. The second-order valence-electron chi connectivity index (χ2n) is 6.54. The number of benzene rings is 1. The van der Waals surface area contributed by atoms with Gasteiger partial charge in [-0.3, -0.25) is 9.59 Å².